The zero-order valence-electron chi connectivity index (χ0n) is 12.4. The summed E-state index contributed by atoms with van der Waals surface area (Å²) < 4.78 is 10.8. The van der Waals surface area contributed by atoms with Crippen LogP contribution in [0, 0.1) is 0 Å². The van der Waals surface area contributed by atoms with Gasteiger partial charge in [-0.2, -0.15) is 0 Å². The Hall–Kier alpha value is -2.48. The van der Waals surface area contributed by atoms with Crippen LogP contribution in [0.5, 0.6) is 11.5 Å². The van der Waals surface area contributed by atoms with Crippen LogP contribution in [-0.4, -0.2) is 6.79 Å². The molecule has 0 N–H and O–H groups in total. The highest BCUT2D eigenvalue weighted by Crippen LogP contribution is 2.32. The molecule has 1 heterocycles. The van der Waals surface area contributed by atoms with Gasteiger partial charge >= 0.3 is 0 Å². The van der Waals surface area contributed by atoms with E-state index in [9.17, 15) is 0 Å². The van der Waals surface area contributed by atoms with E-state index in [2.05, 4.69) is 54.6 Å². The summed E-state index contributed by atoms with van der Waals surface area (Å²) >= 11 is 0. The van der Waals surface area contributed by atoms with Crippen LogP contribution in [-0.2, 0) is 12.8 Å². The van der Waals surface area contributed by atoms with Gasteiger partial charge in [-0.25, -0.2) is 0 Å². The second kappa shape index (κ2) is 5.72. The van der Waals surface area contributed by atoms with E-state index in [1.807, 2.05) is 6.07 Å². The Morgan fingerprint density at radius 1 is 0.682 bits per heavy atom. The summed E-state index contributed by atoms with van der Waals surface area (Å²) in [6, 6.07) is 21.5. The molecule has 0 atom stereocenters. The summed E-state index contributed by atoms with van der Waals surface area (Å²) in [5, 5.41) is 2.63. The lowest BCUT2D eigenvalue weighted by Crippen LogP contribution is -1.93. The number of hydrogen-bond acceptors (Lipinski definition) is 2. The van der Waals surface area contributed by atoms with Crippen LogP contribution in [0.3, 0.4) is 0 Å². The van der Waals surface area contributed by atoms with E-state index in [1.165, 1.54) is 21.9 Å². The van der Waals surface area contributed by atoms with Crippen molar-refractivity contribution >= 4 is 10.8 Å². The van der Waals surface area contributed by atoms with E-state index in [0.717, 1.165) is 30.8 Å². The lowest BCUT2D eigenvalue weighted by atomic mass is 10.0. The van der Waals surface area contributed by atoms with E-state index < -0.39 is 0 Å². The van der Waals surface area contributed by atoms with Crippen molar-refractivity contribution in [3.05, 3.63) is 71.8 Å². The van der Waals surface area contributed by atoms with Gasteiger partial charge in [0.2, 0.25) is 6.79 Å². The van der Waals surface area contributed by atoms with E-state index in [4.69, 9.17) is 9.47 Å². The molecular weight excluding hydrogens is 272 g/mol. The van der Waals surface area contributed by atoms with Crippen LogP contribution in [0.1, 0.15) is 17.5 Å². The fourth-order valence-corrected chi connectivity index (χ4v) is 2.99. The van der Waals surface area contributed by atoms with Crippen LogP contribution < -0.4 is 9.47 Å². The fraction of sp³-hybridized carbons (Fsp3) is 0.200. The summed E-state index contributed by atoms with van der Waals surface area (Å²) in [4.78, 5) is 0. The quantitative estimate of drug-likeness (QED) is 0.690. The molecule has 0 amide bonds. The van der Waals surface area contributed by atoms with Crippen LogP contribution in [0.15, 0.2) is 60.7 Å². The molecular formula is C20H18O2. The van der Waals surface area contributed by atoms with Gasteiger partial charge in [0.1, 0.15) is 0 Å². The predicted molar refractivity (Wildman–Crippen MR) is 88.5 cm³/mol. The minimum Gasteiger partial charge on any atom is -0.454 e. The maximum atomic E-state index is 5.43. The van der Waals surface area contributed by atoms with E-state index in [1.54, 1.807) is 0 Å². The Morgan fingerprint density at radius 3 is 2.32 bits per heavy atom. The molecule has 0 saturated heterocycles. The molecule has 0 radical (unpaired) electrons. The fourth-order valence-electron chi connectivity index (χ4n) is 2.99. The number of ether oxygens (including phenoxy) is 2. The van der Waals surface area contributed by atoms with Gasteiger partial charge in [-0.3, -0.25) is 0 Å². The van der Waals surface area contributed by atoms with Gasteiger partial charge in [-0.05, 0) is 53.3 Å². The third kappa shape index (κ3) is 2.64. The summed E-state index contributed by atoms with van der Waals surface area (Å²) in [5.41, 5.74) is 2.71. The van der Waals surface area contributed by atoms with Crippen molar-refractivity contribution in [2.75, 3.05) is 6.79 Å². The van der Waals surface area contributed by atoms with E-state index in [-0.39, 0.29) is 0 Å². The molecule has 0 fully saturated rings. The van der Waals surface area contributed by atoms with Gasteiger partial charge < -0.3 is 9.47 Å². The highest BCUT2D eigenvalue weighted by molar-refractivity contribution is 5.82. The Labute approximate surface area is 130 Å². The number of benzene rings is 3. The zero-order valence-corrected chi connectivity index (χ0v) is 12.4. The molecule has 0 aromatic heterocycles. The smallest absolute Gasteiger partial charge is 0.231 e. The second-order valence-electron chi connectivity index (χ2n) is 5.72. The molecule has 110 valence electrons. The molecule has 0 unspecified atom stereocenters. The molecule has 0 aliphatic carbocycles. The monoisotopic (exact) mass is 290 g/mol. The molecule has 0 spiro atoms. The molecule has 1 aliphatic rings. The van der Waals surface area contributed by atoms with Gasteiger partial charge in [0.25, 0.3) is 0 Å². The highest BCUT2D eigenvalue weighted by Gasteiger charge is 2.12. The summed E-state index contributed by atoms with van der Waals surface area (Å²) in [7, 11) is 0. The van der Waals surface area contributed by atoms with Crippen molar-refractivity contribution in [3.8, 4) is 11.5 Å². The average molecular weight is 290 g/mol. The maximum Gasteiger partial charge on any atom is 0.231 e. The first-order valence-electron chi connectivity index (χ1n) is 7.75. The molecule has 2 nitrogen and oxygen atoms in total. The topological polar surface area (TPSA) is 18.5 Å². The molecule has 4 rings (SSSR count). The largest absolute Gasteiger partial charge is 0.454 e. The van der Waals surface area contributed by atoms with Gasteiger partial charge in [0.05, 0.1) is 0 Å². The third-order valence-electron chi connectivity index (χ3n) is 4.18. The molecule has 22 heavy (non-hydrogen) atoms. The minimum atomic E-state index is 0.343. The number of fused-ring (bicyclic) bond motifs is 2. The van der Waals surface area contributed by atoms with E-state index in [0.29, 0.717) is 6.79 Å². The van der Waals surface area contributed by atoms with E-state index >= 15 is 0 Å². The minimum absolute atomic E-state index is 0.343. The second-order valence-corrected chi connectivity index (χ2v) is 5.72. The Bertz CT molecular complexity index is 808. The first-order valence-corrected chi connectivity index (χ1v) is 7.75. The van der Waals surface area contributed by atoms with Crippen molar-refractivity contribution in [1.82, 2.24) is 0 Å². The first-order chi connectivity index (χ1) is 10.9. The zero-order chi connectivity index (χ0) is 14.8. The van der Waals surface area contributed by atoms with Crippen molar-refractivity contribution in [1.29, 1.82) is 0 Å². The normalized spacial score (nSPS) is 12.7. The van der Waals surface area contributed by atoms with Gasteiger partial charge in [-0.1, -0.05) is 48.5 Å². The van der Waals surface area contributed by atoms with Crippen LogP contribution in [0.4, 0.5) is 0 Å². The van der Waals surface area contributed by atoms with Crippen LogP contribution in [0.2, 0.25) is 0 Å². The van der Waals surface area contributed by atoms with Gasteiger partial charge in [-0.15, -0.1) is 0 Å². The number of rotatable bonds is 4. The van der Waals surface area contributed by atoms with Crippen molar-refractivity contribution in [2.24, 2.45) is 0 Å². The van der Waals surface area contributed by atoms with Gasteiger partial charge in [0, 0.05) is 0 Å². The number of aryl methyl sites for hydroxylation is 2. The summed E-state index contributed by atoms with van der Waals surface area (Å²) in [6.45, 7) is 0.343. The van der Waals surface area contributed by atoms with Crippen molar-refractivity contribution < 1.29 is 9.47 Å². The van der Waals surface area contributed by atoms with Crippen molar-refractivity contribution in [3.63, 3.8) is 0 Å². The molecule has 0 bridgehead atoms. The molecule has 0 saturated carbocycles. The van der Waals surface area contributed by atoms with Crippen LogP contribution in [0.25, 0.3) is 10.8 Å². The van der Waals surface area contributed by atoms with Gasteiger partial charge in [0.15, 0.2) is 11.5 Å². The van der Waals surface area contributed by atoms with Crippen molar-refractivity contribution in [2.45, 2.75) is 19.3 Å². The Morgan fingerprint density at radius 2 is 1.41 bits per heavy atom. The van der Waals surface area contributed by atoms with Crippen LogP contribution >= 0.6 is 0 Å². The SMILES string of the molecule is c1ccc2cc(CCCc3ccc4c(c3)OCO4)ccc2c1. The third-order valence-corrected chi connectivity index (χ3v) is 4.18. The summed E-state index contributed by atoms with van der Waals surface area (Å²) in [6.07, 6.45) is 3.29. The molecule has 3 aromatic rings. The lowest BCUT2D eigenvalue weighted by Gasteiger charge is -2.05. The Kier molecular flexibility index (Phi) is 3.43. The predicted octanol–water partition coefficient (Wildman–Crippen LogP) is 4.74. The standard InChI is InChI=1S/C20H18O2/c1-2-7-18-12-15(8-10-17(18)6-1)4-3-5-16-9-11-19-20(13-16)22-14-21-19/h1-2,6-13H,3-5,14H2. The Balaban J connectivity index is 1.41. The molecule has 1 aliphatic heterocycles. The molecule has 2 heteroatoms. The maximum absolute atomic E-state index is 5.43. The number of hydrogen-bond donors (Lipinski definition) is 0. The average Bonchev–Trinajstić information content (AvgIpc) is 3.02. The molecule has 3 aromatic carbocycles. The summed E-state index contributed by atoms with van der Waals surface area (Å²) in [5.74, 6) is 1.74. The highest BCUT2D eigenvalue weighted by atomic mass is 16.7. The lowest BCUT2D eigenvalue weighted by molar-refractivity contribution is 0.174. The first kappa shape index (κ1) is 13.2.